The van der Waals surface area contributed by atoms with Crippen molar-refractivity contribution >= 4 is 38.7 Å². The number of aromatic nitrogens is 2. The summed E-state index contributed by atoms with van der Waals surface area (Å²) in [4.78, 5) is 12.9. The Bertz CT molecular complexity index is 1330. The maximum absolute atomic E-state index is 13.2. The molecule has 3 aromatic carbocycles. The van der Waals surface area contributed by atoms with Gasteiger partial charge >= 0.3 is 0 Å². The molecule has 0 spiro atoms. The maximum Gasteiger partial charge on any atom is 0.243 e. The first-order valence-electron chi connectivity index (χ1n) is 9.72. The van der Waals surface area contributed by atoms with Crippen molar-refractivity contribution < 1.29 is 17.6 Å². The second kappa shape index (κ2) is 9.51. The normalized spacial score (nSPS) is 12.5. The van der Waals surface area contributed by atoms with Crippen LogP contribution in [0.5, 0.6) is 0 Å². The molecule has 1 heterocycles. The van der Waals surface area contributed by atoms with Gasteiger partial charge in [-0.15, -0.1) is 0 Å². The van der Waals surface area contributed by atoms with Gasteiger partial charge in [-0.05, 0) is 41.8 Å². The van der Waals surface area contributed by atoms with Crippen LogP contribution in [-0.4, -0.2) is 29.1 Å². The summed E-state index contributed by atoms with van der Waals surface area (Å²) in [7, 11) is -4.07. The number of hydrogen-bond acceptors (Lipinski definition) is 6. The summed E-state index contributed by atoms with van der Waals surface area (Å²) in [6.07, 6.45) is 0.153. The molecule has 32 heavy (non-hydrogen) atoms. The van der Waals surface area contributed by atoms with Gasteiger partial charge in [0.15, 0.2) is 0 Å². The smallest absolute Gasteiger partial charge is 0.243 e. The second-order valence-corrected chi connectivity index (χ2v) is 9.31. The number of fused-ring (bicyclic) bond motifs is 1. The molecule has 0 aliphatic rings. The lowest BCUT2D eigenvalue weighted by Gasteiger charge is -2.19. The highest BCUT2D eigenvalue weighted by molar-refractivity contribution is 7.89. The molecular formula is C22H19FN4O3S2. The van der Waals surface area contributed by atoms with E-state index in [0.29, 0.717) is 11.1 Å². The molecule has 0 aliphatic carbocycles. The zero-order valence-electron chi connectivity index (χ0n) is 16.7. The fourth-order valence-corrected chi connectivity index (χ4v) is 5.16. The second-order valence-electron chi connectivity index (χ2n) is 7.10. The van der Waals surface area contributed by atoms with E-state index in [1.54, 1.807) is 24.3 Å². The van der Waals surface area contributed by atoms with Crippen LogP contribution in [0.15, 0.2) is 77.7 Å². The van der Waals surface area contributed by atoms with Gasteiger partial charge in [0.1, 0.15) is 27.8 Å². The average molecular weight is 471 g/mol. The Hall–Kier alpha value is -3.21. The summed E-state index contributed by atoms with van der Waals surface area (Å²) in [6, 6.07) is 18.5. The van der Waals surface area contributed by atoms with Crippen molar-refractivity contribution in [3.63, 3.8) is 0 Å². The minimum atomic E-state index is -4.07. The number of nitrogens with one attached hydrogen (secondary N) is 2. The predicted octanol–water partition coefficient (Wildman–Crippen LogP) is 3.04. The molecule has 0 bridgehead atoms. The van der Waals surface area contributed by atoms with Gasteiger partial charge in [0, 0.05) is 6.54 Å². The molecule has 0 aliphatic heterocycles. The van der Waals surface area contributed by atoms with Gasteiger partial charge in [-0.2, -0.15) is 13.5 Å². The number of sulfonamides is 1. The average Bonchev–Trinajstić information content (AvgIpc) is 3.27. The van der Waals surface area contributed by atoms with E-state index in [-0.39, 0.29) is 29.2 Å². The first kappa shape index (κ1) is 22.0. The lowest BCUT2D eigenvalue weighted by atomic mass is 10.1. The van der Waals surface area contributed by atoms with Crippen molar-refractivity contribution in [1.82, 2.24) is 18.8 Å². The SMILES string of the molecule is O=C(NCc1ccc(F)cc1)C(Cc1ccccc1)NS(=O)(=O)c1cccc2nsnc12. The van der Waals surface area contributed by atoms with Crippen molar-refractivity contribution in [1.29, 1.82) is 0 Å². The van der Waals surface area contributed by atoms with Crippen LogP contribution in [-0.2, 0) is 27.8 Å². The topological polar surface area (TPSA) is 101 Å². The molecule has 0 saturated carbocycles. The molecule has 10 heteroatoms. The molecule has 0 saturated heterocycles. The summed E-state index contributed by atoms with van der Waals surface area (Å²) in [6.45, 7) is 0.137. The third kappa shape index (κ3) is 5.16. The van der Waals surface area contributed by atoms with Crippen LogP contribution in [0.3, 0.4) is 0 Å². The van der Waals surface area contributed by atoms with Gasteiger partial charge in [0.25, 0.3) is 0 Å². The molecular weight excluding hydrogens is 451 g/mol. The monoisotopic (exact) mass is 470 g/mol. The van der Waals surface area contributed by atoms with Crippen molar-refractivity contribution in [2.45, 2.75) is 23.9 Å². The number of halogens is 1. The van der Waals surface area contributed by atoms with Crippen molar-refractivity contribution in [2.75, 3.05) is 0 Å². The third-order valence-electron chi connectivity index (χ3n) is 4.82. The number of rotatable bonds is 8. The Balaban J connectivity index is 1.57. The lowest BCUT2D eigenvalue weighted by Crippen LogP contribution is -2.47. The minimum absolute atomic E-state index is 0.0341. The number of hydrogen-bond donors (Lipinski definition) is 2. The Labute approximate surface area is 188 Å². The van der Waals surface area contributed by atoms with Gasteiger partial charge in [-0.1, -0.05) is 48.5 Å². The first-order valence-corrected chi connectivity index (χ1v) is 11.9. The maximum atomic E-state index is 13.2. The molecule has 0 radical (unpaired) electrons. The van der Waals surface area contributed by atoms with Crippen molar-refractivity contribution in [2.24, 2.45) is 0 Å². The Morgan fingerprint density at radius 2 is 1.69 bits per heavy atom. The Kier molecular flexibility index (Phi) is 6.54. The van der Waals surface area contributed by atoms with Gasteiger partial charge in [0.05, 0.1) is 11.7 Å². The highest BCUT2D eigenvalue weighted by atomic mass is 32.2. The molecule has 7 nitrogen and oxygen atoms in total. The number of benzene rings is 3. The fraction of sp³-hybridized carbons (Fsp3) is 0.136. The van der Waals surface area contributed by atoms with Crippen LogP contribution < -0.4 is 10.0 Å². The standard InChI is InChI=1S/C22H19FN4O3S2/c23-17-11-9-16(10-12-17)14-24-22(28)19(13-15-5-2-1-3-6-15)27-32(29,30)20-8-4-7-18-21(20)26-31-25-18/h1-12,19,27H,13-14H2,(H,24,28). The molecule has 1 amide bonds. The van der Waals surface area contributed by atoms with E-state index in [2.05, 4.69) is 18.8 Å². The summed E-state index contributed by atoms with van der Waals surface area (Å²) in [5.74, 6) is -0.870. The van der Waals surface area contributed by atoms with Crippen molar-refractivity contribution in [3.05, 3.63) is 89.7 Å². The number of carbonyl (C=O) groups is 1. The van der Waals surface area contributed by atoms with E-state index in [9.17, 15) is 17.6 Å². The van der Waals surface area contributed by atoms with E-state index < -0.39 is 22.0 Å². The third-order valence-corrected chi connectivity index (χ3v) is 6.86. The van der Waals surface area contributed by atoms with E-state index in [1.807, 2.05) is 30.3 Å². The zero-order chi connectivity index (χ0) is 22.6. The molecule has 0 fully saturated rings. The van der Waals surface area contributed by atoms with Gasteiger partial charge in [-0.3, -0.25) is 4.79 Å². The molecule has 1 aromatic heterocycles. The molecule has 1 atom stereocenters. The van der Waals surface area contributed by atoms with E-state index in [0.717, 1.165) is 17.3 Å². The van der Waals surface area contributed by atoms with E-state index >= 15 is 0 Å². The van der Waals surface area contributed by atoms with E-state index in [1.165, 1.54) is 18.2 Å². The summed E-state index contributed by atoms with van der Waals surface area (Å²) in [5, 5.41) is 2.73. The van der Waals surface area contributed by atoms with E-state index in [4.69, 9.17) is 0 Å². The number of nitrogens with zero attached hydrogens (tertiary/aromatic N) is 2. The molecule has 2 N–H and O–H groups in total. The minimum Gasteiger partial charge on any atom is -0.351 e. The fourth-order valence-electron chi connectivity index (χ4n) is 3.20. The molecule has 4 rings (SSSR count). The van der Waals surface area contributed by atoms with Crippen LogP contribution in [0.2, 0.25) is 0 Å². The largest absolute Gasteiger partial charge is 0.351 e. The van der Waals surface area contributed by atoms with Gasteiger partial charge < -0.3 is 5.32 Å². The summed E-state index contributed by atoms with van der Waals surface area (Å²) in [5.41, 5.74) is 2.22. The predicted molar refractivity (Wildman–Crippen MR) is 120 cm³/mol. The quantitative estimate of drug-likeness (QED) is 0.412. The zero-order valence-corrected chi connectivity index (χ0v) is 18.4. The van der Waals surface area contributed by atoms with Crippen LogP contribution in [0, 0.1) is 5.82 Å². The lowest BCUT2D eigenvalue weighted by molar-refractivity contribution is -0.122. The summed E-state index contributed by atoms with van der Waals surface area (Å²) >= 11 is 0.919. The first-order chi connectivity index (χ1) is 15.4. The number of amides is 1. The molecule has 4 aromatic rings. The summed E-state index contributed by atoms with van der Waals surface area (Å²) < 4.78 is 50.1. The van der Waals surface area contributed by atoms with Gasteiger partial charge in [-0.25, -0.2) is 12.8 Å². The van der Waals surface area contributed by atoms with Crippen LogP contribution in [0.4, 0.5) is 4.39 Å². The van der Waals surface area contributed by atoms with Gasteiger partial charge in [0.2, 0.25) is 15.9 Å². The van der Waals surface area contributed by atoms with Crippen LogP contribution >= 0.6 is 11.7 Å². The molecule has 164 valence electrons. The highest BCUT2D eigenvalue weighted by Crippen LogP contribution is 2.21. The highest BCUT2D eigenvalue weighted by Gasteiger charge is 2.28. The van der Waals surface area contributed by atoms with Crippen LogP contribution in [0.1, 0.15) is 11.1 Å². The van der Waals surface area contributed by atoms with Crippen molar-refractivity contribution in [3.8, 4) is 0 Å². The number of carbonyl (C=O) groups excluding carboxylic acids is 1. The molecule has 1 unspecified atom stereocenters. The Morgan fingerprint density at radius 3 is 2.44 bits per heavy atom. The Morgan fingerprint density at radius 1 is 0.938 bits per heavy atom. The van der Waals surface area contributed by atoms with Crippen LogP contribution in [0.25, 0.3) is 11.0 Å².